The molecule has 130 valence electrons. The number of H-pyrrole nitrogens is 1. The third-order valence-electron chi connectivity index (χ3n) is 3.61. The van der Waals surface area contributed by atoms with E-state index in [2.05, 4.69) is 14.7 Å². The highest BCUT2D eigenvalue weighted by Crippen LogP contribution is 2.30. The third-order valence-corrected chi connectivity index (χ3v) is 5.03. The van der Waals surface area contributed by atoms with Crippen molar-refractivity contribution in [2.24, 2.45) is 0 Å². The normalized spacial score (nSPS) is 11.1. The lowest BCUT2D eigenvalue weighted by Crippen LogP contribution is -2.14. The zero-order valence-corrected chi connectivity index (χ0v) is 14.5. The monoisotopic (exact) mass is 359 g/mol. The largest absolute Gasteiger partial charge is 0.497 e. The molecule has 2 N–H and O–H groups in total. The fourth-order valence-electron chi connectivity index (χ4n) is 2.34. The fourth-order valence-corrected chi connectivity index (χ4v) is 3.55. The van der Waals surface area contributed by atoms with Crippen LogP contribution >= 0.6 is 0 Å². The Bertz CT molecular complexity index is 952. The quantitative estimate of drug-likeness (QED) is 0.706. The molecule has 3 aromatic rings. The number of nitrogens with one attached hydrogen (secondary N) is 2. The smallest absolute Gasteiger partial charge is 0.265 e. The molecule has 0 atom stereocenters. The highest BCUT2D eigenvalue weighted by molar-refractivity contribution is 7.92. The van der Waals surface area contributed by atoms with Crippen LogP contribution in [-0.2, 0) is 10.0 Å². The standard InChI is InChI=1S/C17H17N3O4S/c1-23-14-7-8-17(16(9-14)24-2)25(21,22)20-13-5-3-12(4-6-13)15-10-18-11-19-15/h3-11,20H,1-2H3,(H,18,19). The number of benzene rings is 2. The summed E-state index contributed by atoms with van der Waals surface area (Å²) in [4.78, 5) is 6.99. The first-order valence-electron chi connectivity index (χ1n) is 7.37. The van der Waals surface area contributed by atoms with Gasteiger partial charge < -0.3 is 14.5 Å². The molecule has 0 aliphatic heterocycles. The average molecular weight is 359 g/mol. The third kappa shape index (κ3) is 3.58. The summed E-state index contributed by atoms with van der Waals surface area (Å²) in [5.41, 5.74) is 2.20. The maximum Gasteiger partial charge on any atom is 0.265 e. The Morgan fingerprint density at radius 3 is 2.40 bits per heavy atom. The summed E-state index contributed by atoms with van der Waals surface area (Å²) in [5, 5.41) is 0. The zero-order chi connectivity index (χ0) is 17.9. The molecule has 0 unspecified atom stereocenters. The van der Waals surface area contributed by atoms with E-state index in [1.54, 1.807) is 42.9 Å². The molecular weight excluding hydrogens is 342 g/mol. The highest BCUT2D eigenvalue weighted by Gasteiger charge is 2.20. The number of ether oxygens (including phenoxy) is 2. The first-order valence-corrected chi connectivity index (χ1v) is 8.85. The van der Waals surface area contributed by atoms with Crippen LogP contribution in [-0.4, -0.2) is 32.6 Å². The number of sulfonamides is 1. The predicted octanol–water partition coefficient (Wildman–Crippen LogP) is 2.89. The molecule has 0 saturated heterocycles. The van der Waals surface area contributed by atoms with Crippen LogP contribution < -0.4 is 14.2 Å². The molecule has 3 rings (SSSR count). The van der Waals surface area contributed by atoms with Gasteiger partial charge >= 0.3 is 0 Å². The Hall–Kier alpha value is -3.00. The molecule has 0 aliphatic carbocycles. The molecule has 0 aliphatic rings. The molecule has 0 radical (unpaired) electrons. The maximum atomic E-state index is 12.6. The van der Waals surface area contributed by atoms with E-state index in [0.717, 1.165) is 11.3 Å². The minimum atomic E-state index is -3.80. The lowest BCUT2D eigenvalue weighted by atomic mass is 10.1. The molecule has 7 nitrogen and oxygen atoms in total. The van der Waals surface area contributed by atoms with Crippen LogP contribution in [0, 0.1) is 0 Å². The van der Waals surface area contributed by atoms with Crippen molar-refractivity contribution < 1.29 is 17.9 Å². The van der Waals surface area contributed by atoms with Gasteiger partial charge in [-0.1, -0.05) is 12.1 Å². The van der Waals surface area contributed by atoms with E-state index < -0.39 is 10.0 Å². The van der Waals surface area contributed by atoms with E-state index in [9.17, 15) is 8.42 Å². The number of rotatable bonds is 6. The van der Waals surface area contributed by atoms with E-state index in [-0.39, 0.29) is 10.6 Å². The maximum absolute atomic E-state index is 12.6. The number of methoxy groups -OCH3 is 2. The molecular formula is C17H17N3O4S. The molecule has 8 heteroatoms. The topological polar surface area (TPSA) is 93.3 Å². The van der Waals surface area contributed by atoms with E-state index >= 15 is 0 Å². The van der Waals surface area contributed by atoms with Crippen LogP contribution in [0.15, 0.2) is 59.9 Å². The first kappa shape index (κ1) is 16.8. The van der Waals surface area contributed by atoms with Gasteiger partial charge in [0.25, 0.3) is 10.0 Å². The zero-order valence-electron chi connectivity index (χ0n) is 13.7. The van der Waals surface area contributed by atoms with E-state index in [0.29, 0.717) is 11.4 Å². The van der Waals surface area contributed by atoms with Crippen molar-refractivity contribution >= 4 is 15.7 Å². The summed E-state index contributed by atoms with van der Waals surface area (Å²) in [6, 6.07) is 11.5. The molecule has 0 fully saturated rings. The summed E-state index contributed by atoms with van der Waals surface area (Å²) in [5.74, 6) is 0.723. The van der Waals surface area contributed by atoms with Gasteiger partial charge in [0, 0.05) is 11.8 Å². The van der Waals surface area contributed by atoms with Gasteiger partial charge in [-0.2, -0.15) is 0 Å². The molecule has 0 spiro atoms. The Labute approximate surface area is 145 Å². The van der Waals surface area contributed by atoms with Gasteiger partial charge in [0.1, 0.15) is 16.4 Å². The van der Waals surface area contributed by atoms with Crippen LogP contribution in [0.25, 0.3) is 11.3 Å². The number of hydrogen-bond donors (Lipinski definition) is 2. The molecule has 0 saturated carbocycles. The van der Waals surface area contributed by atoms with Crippen LogP contribution in [0.1, 0.15) is 0 Å². The molecule has 1 aromatic heterocycles. The minimum absolute atomic E-state index is 0.0356. The Kier molecular flexibility index (Phi) is 4.62. The number of aromatic amines is 1. The average Bonchev–Trinajstić information content (AvgIpc) is 3.16. The van der Waals surface area contributed by atoms with Crippen molar-refractivity contribution in [3.63, 3.8) is 0 Å². The SMILES string of the molecule is COc1ccc(S(=O)(=O)Nc2ccc(-c3cnc[nH]3)cc2)c(OC)c1. The van der Waals surface area contributed by atoms with Crippen molar-refractivity contribution in [3.05, 3.63) is 55.0 Å². The van der Waals surface area contributed by atoms with Crippen molar-refractivity contribution in [1.29, 1.82) is 0 Å². The number of hydrogen-bond acceptors (Lipinski definition) is 5. The van der Waals surface area contributed by atoms with Gasteiger partial charge in [-0.3, -0.25) is 4.72 Å². The summed E-state index contributed by atoms with van der Waals surface area (Å²) in [6.07, 6.45) is 3.28. The van der Waals surface area contributed by atoms with Crippen LogP contribution in [0.5, 0.6) is 11.5 Å². The van der Waals surface area contributed by atoms with Gasteiger partial charge in [0.15, 0.2) is 0 Å². The van der Waals surface area contributed by atoms with Crippen molar-refractivity contribution in [2.45, 2.75) is 4.90 Å². The summed E-state index contributed by atoms with van der Waals surface area (Å²) >= 11 is 0. The molecule has 2 aromatic carbocycles. The van der Waals surface area contributed by atoms with Crippen LogP contribution in [0.4, 0.5) is 5.69 Å². The second kappa shape index (κ2) is 6.86. The van der Waals surface area contributed by atoms with Crippen LogP contribution in [0.3, 0.4) is 0 Å². The van der Waals surface area contributed by atoms with Crippen molar-refractivity contribution in [1.82, 2.24) is 9.97 Å². The molecule has 1 heterocycles. The van der Waals surface area contributed by atoms with Crippen LogP contribution in [0.2, 0.25) is 0 Å². The predicted molar refractivity (Wildman–Crippen MR) is 94.4 cm³/mol. The lowest BCUT2D eigenvalue weighted by molar-refractivity contribution is 0.386. The van der Waals surface area contributed by atoms with Gasteiger partial charge in [0.2, 0.25) is 0 Å². The van der Waals surface area contributed by atoms with Gasteiger partial charge in [-0.15, -0.1) is 0 Å². The number of imidazole rings is 1. The summed E-state index contributed by atoms with van der Waals surface area (Å²) in [7, 11) is -0.886. The molecule has 0 bridgehead atoms. The second-order valence-corrected chi connectivity index (χ2v) is 6.82. The Morgan fingerprint density at radius 1 is 1.04 bits per heavy atom. The Morgan fingerprint density at radius 2 is 1.80 bits per heavy atom. The lowest BCUT2D eigenvalue weighted by Gasteiger charge is -2.13. The Balaban J connectivity index is 1.86. The van der Waals surface area contributed by atoms with E-state index in [4.69, 9.17) is 9.47 Å². The summed E-state index contributed by atoms with van der Waals surface area (Å²) < 4.78 is 38.1. The highest BCUT2D eigenvalue weighted by atomic mass is 32.2. The van der Waals surface area contributed by atoms with E-state index in [1.807, 2.05) is 0 Å². The molecule has 0 amide bonds. The van der Waals surface area contributed by atoms with E-state index in [1.165, 1.54) is 26.4 Å². The summed E-state index contributed by atoms with van der Waals surface area (Å²) in [6.45, 7) is 0. The minimum Gasteiger partial charge on any atom is -0.497 e. The molecule has 25 heavy (non-hydrogen) atoms. The fraction of sp³-hybridized carbons (Fsp3) is 0.118. The van der Waals surface area contributed by atoms with Crippen molar-refractivity contribution in [3.8, 4) is 22.8 Å². The van der Waals surface area contributed by atoms with Gasteiger partial charge in [-0.05, 0) is 29.8 Å². The number of aromatic nitrogens is 2. The second-order valence-electron chi connectivity index (χ2n) is 5.16. The first-order chi connectivity index (χ1) is 12.0. The number of nitrogens with zero attached hydrogens (tertiary/aromatic N) is 1. The van der Waals surface area contributed by atoms with Crippen molar-refractivity contribution in [2.75, 3.05) is 18.9 Å². The van der Waals surface area contributed by atoms with Gasteiger partial charge in [0.05, 0.1) is 32.4 Å². The van der Waals surface area contributed by atoms with Gasteiger partial charge in [-0.25, -0.2) is 13.4 Å². The number of anilines is 1.